The Balaban J connectivity index is 1.86. The second-order valence-corrected chi connectivity index (χ2v) is 4.14. The molecule has 2 aliphatic heterocycles. The van der Waals surface area contributed by atoms with Gasteiger partial charge in [-0.25, -0.2) is 0 Å². The molecule has 1 N–H and O–H groups in total. The molecule has 17 heavy (non-hydrogen) atoms. The van der Waals surface area contributed by atoms with Gasteiger partial charge >= 0.3 is 0 Å². The van der Waals surface area contributed by atoms with Gasteiger partial charge in [-0.15, -0.1) is 0 Å². The molecule has 2 heterocycles. The van der Waals surface area contributed by atoms with Crippen LogP contribution in [0.25, 0.3) is 0 Å². The van der Waals surface area contributed by atoms with Gasteiger partial charge in [-0.1, -0.05) is 0 Å². The zero-order valence-corrected chi connectivity index (χ0v) is 9.09. The second kappa shape index (κ2) is 4.01. The SMILES string of the molecule is O=C(c1ccc2c(c1)OCO2)[C@H]1COC[C@H]1O. The van der Waals surface area contributed by atoms with E-state index >= 15 is 0 Å². The number of rotatable bonds is 2. The molecule has 2 atom stereocenters. The van der Waals surface area contributed by atoms with Gasteiger partial charge in [0.05, 0.1) is 25.2 Å². The Kier molecular flexibility index (Phi) is 2.49. The van der Waals surface area contributed by atoms with E-state index in [1.54, 1.807) is 18.2 Å². The van der Waals surface area contributed by atoms with Gasteiger partial charge in [0.15, 0.2) is 17.3 Å². The van der Waals surface area contributed by atoms with Crippen LogP contribution in [0.5, 0.6) is 11.5 Å². The largest absolute Gasteiger partial charge is 0.454 e. The molecule has 1 aromatic carbocycles. The van der Waals surface area contributed by atoms with E-state index < -0.39 is 12.0 Å². The van der Waals surface area contributed by atoms with Gasteiger partial charge < -0.3 is 19.3 Å². The van der Waals surface area contributed by atoms with Crippen LogP contribution in [0, 0.1) is 5.92 Å². The van der Waals surface area contributed by atoms with Gasteiger partial charge in [0.25, 0.3) is 0 Å². The Hall–Kier alpha value is -1.59. The summed E-state index contributed by atoms with van der Waals surface area (Å²) in [6.07, 6.45) is -0.715. The molecule has 0 aliphatic carbocycles. The third kappa shape index (κ3) is 1.77. The highest BCUT2D eigenvalue weighted by atomic mass is 16.7. The third-order valence-electron chi connectivity index (χ3n) is 3.04. The Morgan fingerprint density at radius 2 is 2.06 bits per heavy atom. The summed E-state index contributed by atoms with van der Waals surface area (Å²) in [5, 5.41) is 9.61. The van der Waals surface area contributed by atoms with Gasteiger partial charge in [0.2, 0.25) is 6.79 Å². The molecular weight excluding hydrogens is 224 g/mol. The summed E-state index contributed by atoms with van der Waals surface area (Å²) in [6, 6.07) is 5.04. The van der Waals surface area contributed by atoms with Crippen molar-refractivity contribution in [2.75, 3.05) is 20.0 Å². The summed E-state index contributed by atoms with van der Waals surface area (Å²) < 4.78 is 15.5. The molecule has 5 heteroatoms. The molecule has 1 fully saturated rings. The van der Waals surface area contributed by atoms with Crippen LogP contribution in [-0.4, -0.2) is 37.0 Å². The fourth-order valence-corrected chi connectivity index (χ4v) is 2.06. The molecule has 0 amide bonds. The minimum Gasteiger partial charge on any atom is -0.454 e. The quantitative estimate of drug-likeness (QED) is 0.762. The van der Waals surface area contributed by atoms with Crippen molar-refractivity contribution in [3.63, 3.8) is 0 Å². The fourth-order valence-electron chi connectivity index (χ4n) is 2.06. The predicted molar refractivity (Wildman–Crippen MR) is 57.2 cm³/mol. The standard InChI is InChI=1S/C12H12O5/c13-9-5-15-4-8(9)12(14)7-1-2-10-11(3-7)17-6-16-10/h1-3,8-9,13H,4-6H2/t8-,9+/m0/s1. The van der Waals surface area contributed by atoms with Crippen molar-refractivity contribution in [1.82, 2.24) is 0 Å². The molecule has 0 spiro atoms. The Labute approximate surface area is 97.9 Å². The lowest BCUT2D eigenvalue weighted by molar-refractivity contribution is 0.0790. The summed E-state index contributed by atoms with van der Waals surface area (Å²) >= 11 is 0. The monoisotopic (exact) mass is 236 g/mol. The maximum Gasteiger partial charge on any atom is 0.231 e. The predicted octanol–water partition coefficient (Wildman–Crippen LogP) is 0.605. The first-order chi connectivity index (χ1) is 8.25. The highest BCUT2D eigenvalue weighted by Crippen LogP contribution is 2.33. The zero-order chi connectivity index (χ0) is 11.8. The van der Waals surface area contributed by atoms with Crippen molar-refractivity contribution in [3.8, 4) is 11.5 Å². The van der Waals surface area contributed by atoms with E-state index in [1.165, 1.54) is 0 Å². The smallest absolute Gasteiger partial charge is 0.231 e. The van der Waals surface area contributed by atoms with Crippen LogP contribution in [-0.2, 0) is 4.74 Å². The number of hydrogen-bond acceptors (Lipinski definition) is 5. The van der Waals surface area contributed by atoms with Crippen LogP contribution in [0.4, 0.5) is 0 Å². The minimum absolute atomic E-state index is 0.117. The Bertz CT molecular complexity index is 456. The zero-order valence-electron chi connectivity index (χ0n) is 9.09. The van der Waals surface area contributed by atoms with E-state index in [0.717, 1.165) is 0 Å². The molecular formula is C12H12O5. The van der Waals surface area contributed by atoms with Crippen LogP contribution in [0.15, 0.2) is 18.2 Å². The normalized spacial score (nSPS) is 26.2. The number of hydrogen-bond donors (Lipinski definition) is 1. The van der Waals surface area contributed by atoms with E-state index in [4.69, 9.17) is 14.2 Å². The van der Waals surface area contributed by atoms with Crippen LogP contribution in [0.1, 0.15) is 10.4 Å². The first-order valence-electron chi connectivity index (χ1n) is 5.45. The lowest BCUT2D eigenvalue weighted by Crippen LogP contribution is -2.26. The summed E-state index contributed by atoms with van der Waals surface area (Å²) in [5.74, 6) is 0.623. The number of ketones is 1. The van der Waals surface area contributed by atoms with Crippen molar-refractivity contribution >= 4 is 5.78 Å². The number of carbonyl (C=O) groups excluding carboxylic acids is 1. The summed E-state index contributed by atoms with van der Waals surface area (Å²) in [4.78, 5) is 12.1. The van der Waals surface area contributed by atoms with E-state index in [-0.39, 0.29) is 25.8 Å². The van der Waals surface area contributed by atoms with Gasteiger partial charge in [0, 0.05) is 5.56 Å². The van der Waals surface area contributed by atoms with Gasteiger partial charge in [-0.3, -0.25) is 4.79 Å². The molecule has 1 aromatic rings. The molecule has 0 saturated carbocycles. The highest BCUT2D eigenvalue weighted by molar-refractivity contribution is 5.99. The maximum atomic E-state index is 12.1. The van der Waals surface area contributed by atoms with Gasteiger partial charge in [-0.2, -0.15) is 0 Å². The Morgan fingerprint density at radius 1 is 1.24 bits per heavy atom. The number of fused-ring (bicyclic) bond motifs is 1. The van der Waals surface area contributed by atoms with Crippen LogP contribution < -0.4 is 9.47 Å². The van der Waals surface area contributed by atoms with Crippen LogP contribution in [0.3, 0.4) is 0 Å². The lowest BCUT2D eigenvalue weighted by Gasteiger charge is -2.11. The third-order valence-corrected chi connectivity index (χ3v) is 3.04. The maximum absolute atomic E-state index is 12.1. The van der Waals surface area contributed by atoms with Crippen molar-refractivity contribution in [1.29, 1.82) is 0 Å². The van der Waals surface area contributed by atoms with Gasteiger partial charge in [-0.05, 0) is 18.2 Å². The molecule has 3 rings (SSSR count). The lowest BCUT2D eigenvalue weighted by atomic mass is 9.95. The van der Waals surface area contributed by atoms with E-state index in [2.05, 4.69) is 0 Å². The van der Waals surface area contributed by atoms with Crippen molar-refractivity contribution in [2.45, 2.75) is 6.10 Å². The Morgan fingerprint density at radius 3 is 2.82 bits per heavy atom. The molecule has 90 valence electrons. The molecule has 0 aromatic heterocycles. The van der Waals surface area contributed by atoms with Gasteiger partial charge in [0.1, 0.15) is 0 Å². The van der Waals surface area contributed by atoms with E-state index in [9.17, 15) is 9.90 Å². The van der Waals surface area contributed by atoms with Crippen molar-refractivity contribution in [3.05, 3.63) is 23.8 Å². The molecule has 0 radical (unpaired) electrons. The van der Waals surface area contributed by atoms with E-state index in [0.29, 0.717) is 17.1 Å². The average molecular weight is 236 g/mol. The minimum atomic E-state index is -0.715. The number of aliphatic hydroxyl groups excluding tert-OH is 1. The molecule has 5 nitrogen and oxygen atoms in total. The summed E-state index contributed by atoms with van der Waals surface area (Å²) in [7, 11) is 0. The number of Topliss-reactive ketones (excluding diaryl/α,β-unsaturated/α-hetero) is 1. The van der Waals surface area contributed by atoms with Crippen molar-refractivity contribution in [2.24, 2.45) is 5.92 Å². The second-order valence-electron chi connectivity index (χ2n) is 4.14. The molecule has 0 bridgehead atoms. The summed E-state index contributed by atoms with van der Waals surface area (Å²) in [6.45, 7) is 0.678. The number of carbonyl (C=O) groups is 1. The molecule has 1 saturated heterocycles. The average Bonchev–Trinajstić information content (AvgIpc) is 2.95. The fraction of sp³-hybridized carbons (Fsp3) is 0.417. The topological polar surface area (TPSA) is 65.0 Å². The van der Waals surface area contributed by atoms with Crippen LogP contribution >= 0.6 is 0 Å². The highest BCUT2D eigenvalue weighted by Gasteiger charge is 2.33. The number of aliphatic hydroxyl groups is 1. The number of ether oxygens (including phenoxy) is 3. The van der Waals surface area contributed by atoms with Crippen molar-refractivity contribution < 1.29 is 24.1 Å². The summed E-state index contributed by atoms with van der Waals surface area (Å²) in [5.41, 5.74) is 0.517. The first-order valence-corrected chi connectivity index (χ1v) is 5.45. The number of benzene rings is 1. The molecule has 2 aliphatic rings. The van der Waals surface area contributed by atoms with E-state index in [1.807, 2.05) is 0 Å². The molecule has 0 unspecified atom stereocenters. The van der Waals surface area contributed by atoms with Crippen LogP contribution in [0.2, 0.25) is 0 Å². The first kappa shape index (κ1) is 10.6.